The summed E-state index contributed by atoms with van der Waals surface area (Å²) >= 11 is 0. The first-order valence-corrected chi connectivity index (χ1v) is 7.88. The van der Waals surface area contributed by atoms with Gasteiger partial charge in [0.2, 0.25) is 5.91 Å². The van der Waals surface area contributed by atoms with E-state index < -0.39 is 0 Å². The van der Waals surface area contributed by atoms with E-state index in [1.165, 1.54) is 31.2 Å². The van der Waals surface area contributed by atoms with Gasteiger partial charge in [0.15, 0.2) is 0 Å². The van der Waals surface area contributed by atoms with Crippen LogP contribution in [0.5, 0.6) is 0 Å². The van der Waals surface area contributed by atoms with Gasteiger partial charge in [-0.25, -0.2) is 0 Å². The van der Waals surface area contributed by atoms with E-state index >= 15 is 0 Å². The molecular formula is C17H24N2O. The summed E-state index contributed by atoms with van der Waals surface area (Å²) in [5.41, 5.74) is 1.30. The van der Waals surface area contributed by atoms with Crippen LogP contribution in [-0.2, 0) is 11.3 Å². The van der Waals surface area contributed by atoms with Crippen LogP contribution in [0.3, 0.4) is 0 Å². The van der Waals surface area contributed by atoms with E-state index in [9.17, 15) is 4.79 Å². The fourth-order valence-corrected chi connectivity index (χ4v) is 3.10. The van der Waals surface area contributed by atoms with Gasteiger partial charge >= 0.3 is 0 Å². The molecule has 0 heterocycles. The van der Waals surface area contributed by atoms with Crippen molar-refractivity contribution < 1.29 is 4.79 Å². The minimum atomic E-state index is 0.208. The number of benzene rings is 1. The van der Waals surface area contributed by atoms with Crippen molar-refractivity contribution in [2.75, 3.05) is 6.54 Å². The molecule has 2 saturated carbocycles. The standard InChI is InChI=1S/C17H24N2O/c20-17(18-15-8-4-5-9-15)13-19(16-10-11-16)12-14-6-2-1-3-7-14/h1-3,6-7,15-16H,4-5,8-13H2,(H,18,20). The normalized spacial score (nSPS) is 19.4. The third-order valence-corrected chi connectivity index (χ3v) is 4.36. The summed E-state index contributed by atoms with van der Waals surface area (Å²) < 4.78 is 0. The van der Waals surface area contributed by atoms with Gasteiger partial charge < -0.3 is 5.32 Å². The molecule has 2 aliphatic rings. The SMILES string of the molecule is O=C(CN(Cc1ccccc1)C1CC1)NC1CCCC1. The van der Waals surface area contributed by atoms with Crippen LogP contribution in [0, 0.1) is 0 Å². The van der Waals surface area contributed by atoms with Crippen LogP contribution in [0.2, 0.25) is 0 Å². The van der Waals surface area contributed by atoms with Gasteiger partial charge in [-0.05, 0) is 31.2 Å². The van der Waals surface area contributed by atoms with E-state index in [0.717, 1.165) is 19.4 Å². The van der Waals surface area contributed by atoms with Gasteiger partial charge in [0.1, 0.15) is 0 Å². The third kappa shape index (κ3) is 3.83. The lowest BCUT2D eigenvalue weighted by Crippen LogP contribution is -2.41. The van der Waals surface area contributed by atoms with Crippen LogP contribution in [0.15, 0.2) is 30.3 Å². The van der Waals surface area contributed by atoms with E-state index in [-0.39, 0.29) is 5.91 Å². The fraction of sp³-hybridized carbons (Fsp3) is 0.588. The van der Waals surface area contributed by atoms with E-state index in [1.54, 1.807) is 0 Å². The number of hydrogen-bond acceptors (Lipinski definition) is 2. The van der Waals surface area contributed by atoms with Crippen molar-refractivity contribution in [3.8, 4) is 0 Å². The zero-order valence-electron chi connectivity index (χ0n) is 12.1. The van der Waals surface area contributed by atoms with Gasteiger partial charge in [0.25, 0.3) is 0 Å². The van der Waals surface area contributed by atoms with E-state index in [2.05, 4.69) is 34.5 Å². The van der Waals surface area contributed by atoms with E-state index in [1.807, 2.05) is 6.07 Å². The van der Waals surface area contributed by atoms with Crippen LogP contribution >= 0.6 is 0 Å². The highest BCUT2D eigenvalue weighted by atomic mass is 16.2. The maximum absolute atomic E-state index is 12.2. The minimum Gasteiger partial charge on any atom is -0.352 e. The molecule has 20 heavy (non-hydrogen) atoms. The molecule has 2 aliphatic carbocycles. The molecule has 1 N–H and O–H groups in total. The Hall–Kier alpha value is -1.35. The first kappa shape index (κ1) is 13.6. The van der Waals surface area contributed by atoms with Crippen molar-refractivity contribution in [2.24, 2.45) is 0 Å². The molecule has 0 bridgehead atoms. The van der Waals surface area contributed by atoms with Gasteiger partial charge in [0.05, 0.1) is 6.54 Å². The molecular weight excluding hydrogens is 248 g/mol. The lowest BCUT2D eigenvalue weighted by Gasteiger charge is -2.22. The van der Waals surface area contributed by atoms with Crippen molar-refractivity contribution in [3.05, 3.63) is 35.9 Å². The first-order chi connectivity index (χ1) is 9.81. The zero-order valence-corrected chi connectivity index (χ0v) is 12.1. The number of carbonyl (C=O) groups excluding carboxylic acids is 1. The maximum atomic E-state index is 12.2. The van der Waals surface area contributed by atoms with Gasteiger partial charge in [-0.15, -0.1) is 0 Å². The molecule has 0 saturated heterocycles. The van der Waals surface area contributed by atoms with Crippen molar-refractivity contribution in [1.82, 2.24) is 10.2 Å². The smallest absolute Gasteiger partial charge is 0.234 e. The second kappa shape index (κ2) is 6.40. The summed E-state index contributed by atoms with van der Waals surface area (Å²) in [6.07, 6.45) is 7.33. The Balaban J connectivity index is 1.53. The fourth-order valence-electron chi connectivity index (χ4n) is 3.10. The van der Waals surface area contributed by atoms with Gasteiger partial charge in [-0.3, -0.25) is 9.69 Å². The molecule has 1 aromatic rings. The molecule has 0 radical (unpaired) electrons. The molecule has 0 unspecified atom stereocenters. The highest BCUT2D eigenvalue weighted by Gasteiger charge is 2.30. The maximum Gasteiger partial charge on any atom is 0.234 e. The summed E-state index contributed by atoms with van der Waals surface area (Å²) in [7, 11) is 0. The summed E-state index contributed by atoms with van der Waals surface area (Å²) in [5.74, 6) is 0.208. The Bertz CT molecular complexity index is 436. The molecule has 2 fully saturated rings. The number of amides is 1. The highest BCUT2D eigenvalue weighted by molar-refractivity contribution is 5.78. The second-order valence-corrected chi connectivity index (χ2v) is 6.17. The van der Waals surface area contributed by atoms with Crippen molar-refractivity contribution >= 4 is 5.91 Å². The Morgan fingerprint density at radius 2 is 1.80 bits per heavy atom. The largest absolute Gasteiger partial charge is 0.352 e. The molecule has 1 amide bonds. The quantitative estimate of drug-likeness (QED) is 0.863. The Morgan fingerprint density at radius 1 is 1.10 bits per heavy atom. The molecule has 3 rings (SSSR count). The number of nitrogens with zero attached hydrogens (tertiary/aromatic N) is 1. The summed E-state index contributed by atoms with van der Waals surface area (Å²) in [6.45, 7) is 1.44. The first-order valence-electron chi connectivity index (χ1n) is 7.88. The lowest BCUT2D eigenvalue weighted by molar-refractivity contribution is -0.123. The van der Waals surface area contributed by atoms with Crippen molar-refractivity contribution in [1.29, 1.82) is 0 Å². The topological polar surface area (TPSA) is 32.3 Å². The molecule has 3 heteroatoms. The Morgan fingerprint density at radius 3 is 2.45 bits per heavy atom. The van der Waals surface area contributed by atoms with Crippen LogP contribution in [0.4, 0.5) is 0 Å². The average Bonchev–Trinajstić information content (AvgIpc) is 3.18. The van der Waals surface area contributed by atoms with Gasteiger partial charge in [0, 0.05) is 18.6 Å². The molecule has 1 aromatic carbocycles. The predicted octanol–water partition coefficient (Wildman–Crippen LogP) is 2.71. The van der Waals surface area contributed by atoms with Crippen LogP contribution in [-0.4, -0.2) is 29.4 Å². The molecule has 0 aromatic heterocycles. The zero-order chi connectivity index (χ0) is 13.8. The van der Waals surface area contributed by atoms with Gasteiger partial charge in [-0.1, -0.05) is 43.2 Å². The molecule has 0 atom stereocenters. The van der Waals surface area contributed by atoms with Gasteiger partial charge in [-0.2, -0.15) is 0 Å². The van der Waals surface area contributed by atoms with E-state index in [4.69, 9.17) is 0 Å². The van der Waals surface area contributed by atoms with Crippen LogP contribution < -0.4 is 5.32 Å². The van der Waals surface area contributed by atoms with Crippen LogP contribution in [0.1, 0.15) is 44.1 Å². The Kier molecular flexibility index (Phi) is 4.36. The minimum absolute atomic E-state index is 0.208. The third-order valence-electron chi connectivity index (χ3n) is 4.36. The molecule has 0 aliphatic heterocycles. The summed E-state index contributed by atoms with van der Waals surface area (Å²) in [5, 5.41) is 3.20. The Labute approximate surface area is 121 Å². The molecule has 108 valence electrons. The van der Waals surface area contributed by atoms with Crippen LogP contribution in [0.25, 0.3) is 0 Å². The number of hydrogen-bond donors (Lipinski definition) is 1. The number of rotatable bonds is 6. The summed E-state index contributed by atoms with van der Waals surface area (Å²) in [6, 6.07) is 11.5. The second-order valence-electron chi connectivity index (χ2n) is 6.17. The monoisotopic (exact) mass is 272 g/mol. The number of nitrogens with one attached hydrogen (secondary N) is 1. The predicted molar refractivity (Wildman–Crippen MR) is 80.3 cm³/mol. The van der Waals surface area contributed by atoms with Crippen molar-refractivity contribution in [3.63, 3.8) is 0 Å². The van der Waals surface area contributed by atoms with E-state index in [0.29, 0.717) is 18.6 Å². The number of carbonyl (C=O) groups is 1. The highest BCUT2D eigenvalue weighted by Crippen LogP contribution is 2.28. The average molecular weight is 272 g/mol. The summed E-state index contributed by atoms with van der Waals surface area (Å²) in [4.78, 5) is 14.5. The van der Waals surface area contributed by atoms with Crippen molar-refractivity contribution in [2.45, 2.75) is 57.2 Å². The molecule has 0 spiro atoms. The molecule has 3 nitrogen and oxygen atoms in total. The lowest BCUT2D eigenvalue weighted by atomic mass is 10.2.